The zero-order valence-electron chi connectivity index (χ0n) is 17.0. The first-order chi connectivity index (χ1) is 13.1. The lowest BCUT2D eigenvalue weighted by Crippen LogP contribution is -2.38. The molecule has 1 N–H and O–H groups in total. The number of likely N-dealkylation sites (tertiary alicyclic amines) is 1. The topological polar surface area (TPSA) is 72.5 Å². The van der Waals surface area contributed by atoms with Gasteiger partial charge in [0.15, 0.2) is 10.6 Å². The number of rotatable bonds is 4. The van der Waals surface area contributed by atoms with E-state index in [9.17, 15) is 9.90 Å². The summed E-state index contributed by atoms with van der Waals surface area (Å²) < 4.78 is 8.97. The molecule has 0 aliphatic carbocycles. The lowest BCUT2D eigenvalue weighted by molar-refractivity contribution is -0.146. The Hall–Kier alpha value is -2.03. The summed E-state index contributed by atoms with van der Waals surface area (Å²) >= 11 is 5.55. The van der Waals surface area contributed by atoms with Crippen LogP contribution in [0.25, 0.3) is 11.4 Å². The van der Waals surface area contributed by atoms with E-state index >= 15 is 0 Å². The van der Waals surface area contributed by atoms with Crippen molar-refractivity contribution in [3.63, 3.8) is 0 Å². The van der Waals surface area contributed by atoms with Gasteiger partial charge in [-0.05, 0) is 23.2 Å². The van der Waals surface area contributed by atoms with Gasteiger partial charge in [0.25, 0.3) is 0 Å². The number of aromatic nitrogens is 3. The van der Waals surface area contributed by atoms with E-state index in [0.717, 1.165) is 11.4 Å². The maximum Gasteiger partial charge on any atom is 0.323 e. The number of benzene rings is 1. The van der Waals surface area contributed by atoms with Crippen LogP contribution in [0.3, 0.4) is 0 Å². The van der Waals surface area contributed by atoms with Crippen LogP contribution in [0, 0.1) is 4.77 Å². The van der Waals surface area contributed by atoms with Gasteiger partial charge in [-0.3, -0.25) is 9.69 Å². The van der Waals surface area contributed by atoms with E-state index in [1.165, 1.54) is 12.7 Å². The van der Waals surface area contributed by atoms with Crippen LogP contribution in [0.4, 0.5) is 0 Å². The highest BCUT2D eigenvalue weighted by molar-refractivity contribution is 7.71. The van der Waals surface area contributed by atoms with Crippen LogP contribution < -0.4 is 0 Å². The smallest absolute Gasteiger partial charge is 0.323 e. The molecule has 28 heavy (non-hydrogen) atoms. The molecule has 1 aliphatic heterocycles. The largest absolute Gasteiger partial charge is 0.468 e. The summed E-state index contributed by atoms with van der Waals surface area (Å²) in [7, 11) is 3.24. The molecule has 0 spiro atoms. The fourth-order valence-electron chi connectivity index (χ4n) is 3.54. The highest BCUT2D eigenvalue weighted by Crippen LogP contribution is 2.26. The van der Waals surface area contributed by atoms with Gasteiger partial charge in [0.1, 0.15) is 6.04 Å². The maximum atomic E-state index is 12.0. The zero-order chi connectivity index (χ0) is 20.6. The van der Waals surface area contributed by atoms with E-state index in [-0.39, 0.29) is 11.4 Å². The predicted octanol–water partition coefficient (Wildman–Crippen LogP) is 2.48. The molecule has 2 heterocycles. The van der Waals surface area contributed by atoms with E-state index in [4.69, 9.17) is 17.0 Å². The molecule has 8 heteroatoms. The Morgan fingerprint density at radius 1 is 1.32 bits per heavy atom. The summed E-state index contributed by atoms with van der Waals surface area (Å²) in [6.07, 6.45) is -0.208. The van der Waals surface area contributed by atoms with Gasteiger partial charge in [0.05, 0.1) is 19.9 Å². The summed E-state index contributed by atoms with van der Waals surface area (Å²) in [5.74, 6) is 0.414. The molecular formula is C20H28N4O3S. The molecular weight excluding hydrogens is 376 g/mol. The number of nitrogens with zero attached hydrogens (tertiary/aromatic N) is 4. The minimum Gasteiger partial charge on any atom is -0.468 e. The minimum atomic E-state index is -0.564. The van der Waals surface area contributed by atoms with Gasteiger partial charge >= 0.3 is 5.97 Å². The number of aliphatic hydroxyl groups excluding tert-OH is 1. The van der Waals surface area contributed by atoms with Crippen LogP contribution in [-0.4, -0.2) is 56.1 Å². The Morgan fingerprint density at radius 2 is 1.96 bits per heavy atom. The Balaban J connectivity index is 1.87. The second kappa shape index (κ2) is 7.77. The molecule has 3 rings (SSSR count). The molecule has 152 valence electrons. The van der Waals surface area contributed by atoms with Crippen molar-refractivity contribution in [2.45, 2.75) is 51.4 Å². The fourth-order valence-corrected chi connectivity index (χ4v) is 3.72. The molecule has 1 aromatic carbocycles. The quantitative estimate of drug-likeness (QED) is 0.624. The number of hydrogen-bond donors (Lipinski definition) is 1. The van der Waals surface area contributed by atoms with Gasteiger partial charge in [-0.25, -0.2) is 4.68 Å². The van der Waals surface area contributed by atoms with E-state index in [0.29, 0.717) is 24.4 Å². The van der Waals surface area contributed by atoms with Gasteiger partial charge in [0.2, 0.25) is 0 Å². The number of carbonyl (C=O) groups excluding carboxylic acids is 1. The SMILES string of the molecule is COC(=O)[C@@H]1C[C@@H](O)CN1Cn1nc(-c2ccc(C(C)(C)C)cc2)n(C)c1=S. The Kier molecular flexibility index (Phi) is 5.74. The highest BCUT2D eigenvalue weighted by atomic mass is 32.1. The summed E-state index contributed by atoms with van der Waals surface area (Å²) in [4.78, 5) is 13.9. The van der Waals surface area contributed by atoms with E-state index in [2.05, 4.69) is 50.1 Å². The average molecular weight is 405 g/mol. The molecule has 0 bridgehead atoms. The molecule has 0 unspecified atom stereocenters. The number of ether oxygens (including phenoxy) is 1. The second-order valence-corrected chi connectivity index (χ2v) is 8.70. The first-order valence-corrected chi connectivity index (χ1v) is 9.77. The van der Waals surface area contributed by atoms with Crippen LogP contribution in [-0.2, 0) is 28.7 Å². The number of methoxy groups -OCH3 is 1. The third-order valence-electron chi connectivity index (χ3n) is 5.22. The molecule has 1 aliphatic rings. The number of hydrogen-bond acceptors (Lipinski definition) is 6. The van der Waals surface area contributed by atoms with Gasteiger partial charge in [-0.2, -0.15) is 5.10 Å². The van der Waals surface area contributed by atoms with Crippen molar-refractivity contribution in [3.8, 4) is 11.4 Å². The molecule has 2 atom stereocenters. The lowest BCUT2D eigenvalue weighted by atomic mass is 9.87. The highest BCUT2D eigenvalue weighted by Gasteiger charge is 2.37. The van der Waals surface area contributed by atoms with E-state index < -0.39 is 12.1 Å². The predicted molar refractivity (Wildman–Crippen MR) is 109 cm³/mol. The summed E-state index contributed by atoms with van der Waals surface area (Å²) in [6.45, 7) is 7.25. The van der Waals surface area contributed by atoms with Crippen molar-refractivity contribution in [1.82, 2.24) is 19.2 Å². The van der Waals surface area contributed by atoms with Gasteiger partial charge in [-0.15, -0.1) is 0 Å². The van der Waals surface area contributed by atoms with Crippen molar-refractivity contribution < 1.29 is 14.6 Å². The third-order valence-corrected chi connectivity index (χ3v) is 5.70. The molecule has 2 aromatic rings. The average Bonchev–Trinajstić information content (AvgIpc) is 3.15. The number of aliphatic hydroxyl groups is 1. The Bertz CT molecular complexity index is 911. The first kappa shape index (κ1) is 20.7. The maximum absolute atomic E-state index is 12.0. The molecule has 0 radical (unpaired) electrons. The fraction of sp³-hybridized carbons (Fsp3) is 0.550. The van der Waals surface area contributed by atoms with Crippen molar-refractivity contribution in [1.29, 1.82) is 0 Å². The number of esters is 1. The lowest BCUT2D eigenvalue weighted by Gasteiger charge is -2.21. The van der Waals surface area contributed by atoms with Crippen LogP contribution >= 0.6 is 12.2 Å². The molecule has 7 nitrogen and oxygen atoms in total. The summed E-state index contributed by atoms with van der Waals surface area (Å²) in [5, 5.41) is 14.7. The Labute approximate surface area is 170 Å². The van der Waals surface area contributed by atoms with Crippen molar-refractivity contribution in [2.75, 3.05) is 13.7 Å². The molecule has 0 saturated carbocycles. The Morgan fingerprint density at radius 3 is 2.54 bits per heavy atom. The molecule has 1 fully saturated rings. The van der Waals surface area contributed by atoms with Crippen LogP contribution in [0.2, 0.25) is 0 Å². The van der Waals surface area contributed by atoms with Crippen molar-refractivity contribution in [3.05, 3.63) is 34.6 Å². The second-order valence-electron chi connectivity index (χ2n) is 8.33. The summed E-state index contributed by atoms with van der Waals surface area (Å²) in [5.41, 5.74) is 2.32. The minimum absolute atomic E-state index is 0.0861. The number of β-amino-alcohol motifs (C(OH)–C–C–N with tert-alkyl or cyclic N) is 1. The molecule has 1 saturated heterocycles. The van der Waals surface area contributed by atoms with E-state index in [1.807, 2.05) is 16.5 Å². The van der Waals surface area contributed by atoms with Gasteiger partial charge in [0, 0.05) is 25.6 Å². The summed E-state index contributed by atoms with van der Waals surface area (Å²) in [6, 6.07) is 7.85. The van der Waals surface area contributed by atoms with E-state index in [1.54, 1.807) is 4.68 Å². The monoisotopic (exact) mass is 404 g/mol. The van der Waals surface area contributed by atoms with Crippen molar-refractivity contribution in [2.24, 2.45) is 7.05 Å². The van der Waals surface area contributed by atoms with Gasteiger partial charge in [-0.1, -0.05) is 45.0 Å². The molecule has 1 aromatic heterocycles. The number of carbonyl (C=O) groups is 1. The third kappa shape index (κ3) is 4.04. The first-order valence-electron chi connectivity index (χ1n) is 9.36. The normalized spacial score (nSPS) is 20.5. The van der Waals surface area contributed by atoms with Gasteiger partial charge < -0.3 is 14.4 Å². The van der Waals surface area contributed by atoms with Crippen LogP contribution in [0.5, 0.6) is 0 Å². The van der Waals surface area contributed by atoms with Crippen molar-refractivity contribution >= 4 is 18.2 Å². The standard InChI is InChI=1S/C20H28N4O3S/c1-20(2,3)14-8-6-13(7-9-14)17-21-24(19(28)22(17)4)12-23-11-15(25)10-16(23)18(26)27-5/h6-9,15-16,25H,10-12H2,1-5H3/t15-,16+/m1/s1. The zero-order valence-corrected chi connectivity index (χ0v) is 17.9. The molecule has 0 amide bonds. The van der Waals surface area contributed by atoms with Crippen LogP contribution in [0.1, 0.15) is 32.8 Å². The van der Waals surface area contributed by atoms with Crippen LogP contribution in [0.15, 0.2) is 24.3 Å².